The minimum Gasteiger partial charge on any atom is -0.494 e. The molecule has 27 heavy (non-hydrogen) atoms. The number of rotatable bonds is 6. The van der Waals surface area contributed by atoms with E-state index in [1.165, 1.54) is 0 Å². The van der Waals surface area contributed by atoms with Gasteiger partial charge in [-0.05, 0) is 24.6 Å². The number of sulfone groups is 1. The quantitative estimate of drug-likeness (QED) is 0.801. The van der Waals surface area contributed by atoms with Crippen LogP contribution in [0.15, 0.2) is 36.8 Å². The SMILES string of the molecule is CCOc1cccc(CN2CCN(Cc3cnc[nH]3)C3CS(=O)(=O)CC32)c1. The highest BCUT2D eigenvalue weighted by Crippen LogP contribution is 2.29. The number of fused-ring (bicyclic) bond motifs is 1. The van der Waals surface area contributed by atoms with Gasteiger partial charge in [0.2, 0.25) is 0 Å². The van der Waals surface area contributed by atoms with Crippen molar-refractivity contribution in [1.29, 1.82) is 0 Å². The molecule has 0 saturated carbocycles. The van der Waals surface area contributed by atoms with E-state index >= 15 is 0 Å². The molecular weight excluding hydrogens is 364 g/mol. The largest absolute Gasteiger partial charge is 0.494 e. The van der Waals surface area contributed by atoms with Crippen LogP contribution in [-0.2, 0) is 22.9 Å². The number of nitrogens with one attached hydrogen (secondary N) is 1. The molecule has 1 N–H and O–H groups in total. The first-order valence-electron chi connectivity index (χ1n) is 9.41. The summed E-state index contributed by atoms with van der Waals surface area (Å²) in [5, 5.41) is 0. The standard InChI is InChI=1S/C19H26N4O3S/c1-2-26-17-5-3-4-15(8-17)10-22-6-7-23(11-16-9-20-14-21-16)19-13-27(24,25)12-18(19)22/h3-5,8-9,14,18-19H,2,6-7,10-13H2,1H3,(H,20,21). The molecule has 2 unspecified atom stereocenters. The first-order valence-corrected chi connectivity index (χ1v) is 11.2. The summed E-state index contributed by atoms with van der Waals surface area (Å²) in [6, 6.07) is 8.15. The van der Waals surface area contributed by atoms with Crippen molar-refractivity contribution in [2.45, 2.75) is 32.1 Å². The van der Waals surface area contributed by atoms with Crippen molar-refractivity contribution in [1.82, 2.24) is 19.8 Å². The third kappa shape index (κ3) is 4.17. The lowest BCUT2D eigenvalue weighted by Crippen LogP contribution is -2.58. The molecule has 2 saturated heterocycles. The van der Waals surface area contributed by atoms with Crippen molar-refractivity contribution in [2.24, 2.45) is 0 Å². The summed E-state index contributed by atoms with van der Waals surface area (Å²) in [5.41, 5.74) is 2.18. The Morgan fingerprint density at radius 3 is 2.59 bits per heavy atom. The van der Waals surface area contributed by atoms with Gasteiger partial charge in [-0.25, -0.2) is 13.4 Å². The summed E-state index contributed by atoms with van der Waals surface area (Å²) in [5.74, 6) is 1.34. The maximum Gasteiger partial charge on any atom is 0.153 e. The zero-order valence-corrected chi connectivity index (χ0v) is 16.4. The zero-order valence-electron chi connectivity index (χ0n) is 15.5. The molecule has 2 atom stereocenters. The fourth-order valence-electron chi connectivity index (χ4n) is 4.21. The topological polar surface area (TPSA) is 78.5 Å². The predicted octanol–water partition coefficient (Wildman–Crippen LogP) is 1.29. The first-order chi connectivity index (χ1) is 13.0. The molecule has 2 aliphatic heterocycles. The predicted molar refractivity (Wildman–Crippen MR) is 103 cm³/mol. The number of hydrogen-bond donors (Lipinski definition) is 1. The van der Waals surface area contributed by atoms with Gasteiger partial charge >= 0.3 is 0 Å². The van der Waals surface area contributed by atoms with Crippen LogP contribution < -0.4 is 4.74 Å². The number of aromatic amines is 1. The van der Waals surface area contributed by atoms with Gasteiger partial charge in [-0.3, -0.25) is 9.80 Å². The number of piperazine rings is 1. The van der Waals surface area contributed by atoms with E-state index in [-0.39, 0.29) is 23.6 Å². The Bertz CT molecular complexity index is 869. The van der Waals surface area contributed by atoms with Crippen LogP contribution in [0, 0.1) is 0 Å². The minimum atomic E-state index is -3.02. The summed E-state index contributed by atoms with van der Waals surface area (Å²) in [6.07, 6.45) is 3.48. The van der Waals surface area contributed by atoms with Gasteiger partial charge in [0.15, 0.2) is 9.84 Å². The second-order valence-corrected chi connectivity index (χ2v) is 9.46. The third-order valence-corrected chi connectivity index (χ3v) is 7.13. The Balaban J connectivity index is 1.51. The normalized spacial score (nSPS) is 25.4. The van der Waals surface area contributed by atoms with Gasteiger partial charge in [0, 0.05) is 50.2 Å². The summed E-state index contributed by atoms with van der Waals surface area (Å²) in [4.78, 5) is 11.8. The Labute approximate surface area is 160 Å². The van der Waals surface area contributed by atoms with Gasteiger partial charge < -0.3 is 9.72 Å². The average Bonchev–Trinajstić information content (AvgIpc) is 3.24. The van der Waals surface area contributed by atoms with Crippen molar-refractivity contribution in [3.8, 4) is 5.75 Å². The molecule has 2 aromatic rings. The van der Waals surface area contributed by atoms with E-state index in [4.69, 9.17) is 4.74 Å². The highest BCUT2D eigenvalue weighted by molar-refractivity contribution is 7.91. The van der Waals surface area contributed by atoms with Crippen LogP contribution in [0.3, 0.4) is 0 Å². The van der Waals surface area contributed by atoms with E-state index in [9.17, 15) is 8.42 Å². The van der Waals surface area contributed by atoms with E-state index in [0.29, 0.717) is 13.2 Å². The molecule has 2 fully saturated rings. The third-order valence-electron chi connectivity index (χ3n) is 5.43. The number of imidazole rings is 1. The molecule has 3 heterocycles. The van der Waals surface area contributed by atoms with Gasteiger partial charge in [0.1, 0.15) is 5.75 Å². The van der Waals surface area contributed by atoms with Crippen molar-refractivity contribution in [2.75, 3.05) is 31.2 Å². The van der Waals surface area contributed by atoms with E-state index < -0.39 is 9.84 Å². The van der Waals surface area contributed by atoms with Crippen molar-refractivity contribution in [3.05, 3.63) is 48.0 Å². The summed E-state index contributed by atoms with van der Waals surface area (Å²) in [7, 11) is -3.02. The fourth-order valence-corrected chi connectivity index (χ4v) is 6.26. The molecule has 2 aliphatic rings. The van der Waals surface area contributed by atoms with E-state index in [0.717, 1.165) is 36.6 Å². The van der Waals surface area contributed by atoms with E-state index in [2.05, 4.69) is 31.9 Å². The van der Waals surface area contributed by atoms with Crippen molar-refractivity contribution in [3.63, 3.8) is 0 Å². The first kappa shape index (κ1) is 18.5. The molecule has 0 radical (unpaired) electrons. The maximum atomic E-state index is 12.4. The Morgan fingerprint density at radius 2 is 1.93 bits per heavy atom. The van der Waals surface area contributed by atoms with Gasteiger partial charge in [-0.2, -0.15) is 0 Å². The Morgan fingerprint density at radius 1 is 1.19 bits per heavy atom. The molecule has 0 bridgehead atoms. The molecule has 7 nitrogen and oxygen atoms in total. The van der Waals surface area contributed by atoms with Crippen LogP contribution in [0.5, 0.6) is 5.75 Å². The van der Waals surface area contributed by atoms with Crippen LogP contribution >= 0.6 is 0 Å². The molecule has 1 aromatic heterocycles. The molecule has 0 amide bonds. The minimum absolute atomic E-state index is 0.0297. The van der Waals surface area contributed by atoms with Crippen LogP contribution in [0.2, 0.25) is 0 Å². The Kier molecular flexibility index (Phi) is 5.21. The fraction of sp³-hybridized carbons (Fsp3) is 0.526. The number of hydrogen-bond acceptors (Lipinski definition) is 6. The maximum absolute atomic E-state index is 12.4. The number of benzene rings is 1. The molecule has 8 heteroatoms. The zero-order chi connectivity index (χ0) is 18.9. The van der Waals surface area contributed by atoms with Crippen LogP contribution in [-0.4, -0.2) is 71.5 Å². The molecular formula is C19H26N4O3S. The van der Waals surface area contributed by atoms with Gasteiger partial charge in [0.05, 0.1) is 24.4 Å². The molecule has 4 rings (SSSR count). The van der Waals surface area contributed by atoms with Crippen LogP contribution in [0.1, 0.15) is 18.2 Å². The lowest BCUT2D eigenvalue weighted by atomic mass is 10.0. The number of H-pyrrole nitrogens is 1. The second kappa shape index (κ2) is 7.61. The number of ether oxygens (including phenoxy) is 1. The smallest absolute Gasteiger partial charge is 0.153 e. The summed E-state index contributed by atoms with van der Waals surface area (Å²) < 4.78 is 30.4. The summed E-state index contributed by atoms with van der Waals surface area (Å²) in [6.45, 7) is 5.77. The van der Waals surface area contributed by atoms with E-state index in [1.54, 1.807) is 6.33 Å². The summed E-state index contributed by atoms with van der Waals surface area (Å²) >= 11 is 0. The van der Waals surface area contributed by atoms with Crippen molar-refractivity contribution < 1.29 is 13.2 Å². The molecule has 0 spiro atoms. The van der Waals surface area contributed by atoms with Crippen LogP contribution in [0.25, 0.3) is 0 Å². The van der Waals surface area contributed by atoms with Gasteiger partial charge in [0.25, 0.3) is 0 Å². The molecule has 1 aromatic carbocycles. The molecule has 146 valence electrons. The highest BCUT2D eigenvalue weighted by Gasteiger charge is 2.46. The van der Waals surface area contributed by atoms with Gasteiger partial charge in [-0.1, -0.05) is 12.1 Å². The highest BCUT2D eigenvalue weighted by atomic mass is 32.2. The van der Waals surface area contributed by atoms with Crippen molar-refractivity contribution >= 4 is 9.84 Å². The second-order valence-electron chi connectivity index (χ2n) is 7.31. The number of aromatic nitrogens is 2. The lowest BCUT2D eigenvalue weighted by molar-refractivity contribution is 0.0348. The molecule has 0 aliphatic carbocycles. The van der Waals surface area contributed by atoms with E-state index in [1.807, 2.05) is 25.3 Å². The Hall–Kier alpha value is -1.90. The monoisotopic (exact) mass is 390 g/mol. The lowest BCUT2D eigenvalue weighted by Gasteiger charge is -2.43. The average molecular weight is 391 g/mol. The number of nitrogens with zero attached hydrogens (tertiary/aromatic N) is 3. The van der Waals surface area contributed by atoms with Crippen LogP contribution in [0.4, 0.5) is 0 Å². The van der Waals surface area contributed by atoms with Gasteiger partial charge in [-0.15, -0.1) is 0 Å².